The summed E-state index contributed by atoms with van der Waals surface area (Å²) in [5.41, 5.74) is 2.20. The molecule has 1 aromatic rings. The van der Waals surface area contributed by atoms with Gasteiger partial charge in [0.2, 0.25) is 6.41 Å². The fourth-order valence-electron chi connectivity index (χ4n) is 0.654. The lowest BCUT2D eigenvalue weighted by molar-refractivity contribution is -0.109. The van der Waals surface area contributed by atoms with Crippen LogP contribution in [0.5, 0.6) is 0 Å². The number of hydrazone groups is 1. The van der Waals surface area contributed by atoms with Gasteiger partial charge in [0.1, 0.15) is 0 Å². The van der Waals surface area contributed by atoms with Gasteiger partial charge < -0.3 is 0 Å². The van der Waals surface area contributed by atoms with Crippen molar-refractivity contribution >= 4 is 24.0 Å². The molecule has 0 aliphatic heterocycles. The van der Waals surface area contributed by atoms with Crippen LogP contribution in [0.3, 0.4) is 0 Å². The molecule has 3 nitrogen and oxygen atoms in total. The maximum atomic E-state index is 9.78. The average molecular weight is 168 g/mol. The minimum Gasteiger partial charge on any atom is -0.277 e. The zero-order valence-electron chi connectivity index (χ0n) is 6.07. The van der Waals surface area contributed by atoms with Gasteiger partial charge in [0.05, 0.1) is 6.21 Å². The van der Waals surface area contributed by atoms with Crippen LogP contribution in [0, 0.1) is 6.92 Å². The quantitative estimate of drug-likeness (QED) is 0.410. The molecule has 11 heavy (non-hydrogen) atoms. The second-order valence-electron chi connectivity index (χ2n) is 1.95. The molecule has 4 heteroatoms. The summed E-state index contributed by atoms with van der Waals surface area (Å²) in [6.07, 6.45) is 2.16. The highest BCUT2D eigenvalue weighted by atomic mass is 32.1. The molecule has 1 N–H and O–H groups in total. The zero-order valence-corrected chi connectivity index (χ0v) is 6.89. The standard InChI is InChI=1S/C7H8N2OS/c1-6-2-3-7(11-6)4-8-9-5-10/h2-5H,1H3,(H,9,10). The van der Waals surface area contributed by atoms with Gasteiger partial charge in [-0.25, -0.2) is 5.43 Å². The minimum absolute atomic E-state index is 0.539. The number of rotatable bonds is 3. The molecule has 0 saturated carbocycles. The highest BCUT2D eigenvalue weighted by molar-refractivity contribution is 7.13. The number of hydrogen-bond acceptors (Lipinski definition) is 3. The first-order chi connectivity index (χ1) is 5.33. The van der Waals surface area contributed by atoms with Gasteiger partial charge in [-0.05, 0) is 19.1 Å². The molecule has 1 rings (SSSR count). The second-order valence-corrected chi connectivity index (χ2v) is 3.27. The predicted octanol–water partition coefficient (Wildman–Crippen LogP) is 1.14. The second kappa shape index (κ2) is 3.88. The summed E-state index contributed by atoms with van der Waals surface area (Å²) >= 11 is 1.63. The van der Waals surface area contributed by atoms with Crippen molar-refractivity contribution in [3.8, 4) is 0 Å². The summed E-state index contributed by atoms with van der Waals surface area (Å²) in [7, 11) is 0. The molecule has 0 spiro atoms. The average Bonchev–Trinajstić information content (AvgIpc) is 2.37. The van der Waals surface area contributed by atoms with Crippen molar-refractivity contribution in [1.82, 2.24) is 5.43 Å². The number of nitrogens with zero attached hydrogens (tertiary/aromatic N) is 1. The smallest absolute Gasteiger partial charge is 0.227 e. The lowest BCUT2D eigenvalue weighted by Gasteiger charge is -1.82. The van der Waals surface area contributed by atoms with Gasteiger partial charge in [0.25, 0.3) is 0 Å². The Morgan fingerprint density at radius 2 is 2.45 bits per heavy atom. The van der Waals surface area contributed by atoms with Gasteiger partial charge in [-0.3, -0.25) is 4.79 Å². The summed E-state index contributed by atoms with van der Waals surface area (Å²) < 4.78 is 0. The van der Waals surface area contributed by atoms with Gasteiger partial charge in [0.15, 0.2) is 0 Å². The third kappa shape index (κ3) is 2.51. The van der Waals surface area contributed by atoms with Crippen molar-refractivity contribution in [1.29, 1.82) is 0 Å². The van der Waals surface area contributed by atoms with Gasteiger partial charge in [-0.2, -0.15) is 5.10 Å². The fourth-order valence-corrected chi connectivity index (χ4v) is 1.40. The van der Waals surface area contributed by atoms with Gasteiger partial charge >= 0.3 is 0 Å². The summed E-state index contributed by atoms with van der Waals surface area (Å²) in [6, 6.07) is 3.96. The first kappa shape index (κ1) is 7.94. The fraction of sp³-hybridized carbons (Fsp3) is 0.143. The third-order valence-corrected chi connectivity index (χ3v) is 2.02. The van der Waals surface area contributed by atoms with E-state index in [0.717, 1.165) is 4.88 Å². The molecule has 0 aromatic carbocycles. The van der Waals surface area contributed by atoms with Crippen LogP contribution in [-0.4, -0.2) is 12.6 Å². The molecule has 0 fully saturated rings. The Morgan fingerprint density at radius 1 is 1.64 bits per heavy atom. The Morgan fingerprint density at radius 3 is 3.00 bits per heavy atom. The van der Waals surface area contributed by atoms with Crippen LogP contribution >= 0.6 is 11.3 Å². The van der Waals surface area contributed by atoms with Crippen LogP contribution in [-0.2, 0) is 4.79 Å². The largest absolute Gasteiger partial charge is 0.277 e. The molecular weight excluding hydrogens is 160 g/mol. The Bertz CT molecular complexity index is 267. The van der Waals surface area contributed by atoms with Crippen molar-refractivity contribution in [2.45, 2.75) is 6.92 Å². The van der Waals surface area contributed by atoms with E-state index in [0.29, 0.717) is 6.41 Å². The van der Waals surface area contributed by atoms with Crippen molar-refractivity contribution in [2.75, 3.05) is 0 Å². The van der Waals surface area contributed by atoms with E-state index >= 15 is 0 Å². The molecule has 0 bridgehead atoms. The lowest BCUT2D eigenvalue weighted by atomic mass is 10.4. The normalized spacial score (nSPS) is 10.3. The number of hydrogen-bond donors (Lipinski definition) is 1. The SMILES string of the molecule is Cc1ccc(C=NNC=O)s1. The van der Waals surface area contributed by atoms with Crippen molar-refractivity contribution in [3.63, 3.8) is 0 Å². The van der Waals surface area contributed by atoms with Crippen LogP contribution in [0.2, 0.25) is 0 Å². The summed E-state index contributed by atoms with van der Waals surface area (Å²) in [5, 5.41) is 3.64. The predicted molar refractivity (Wildman–Crippen MR) is 45.8 cm³/mol. The monoisotopic (exact) mass is 168 g/mol. The van der Waals surface area contributed by atoms with Crippen molar-refractivity contribution in [3.05, 3.63) is 21.9 Å². The molecule has 0 unspecified atom stereocenters. The number of nitrogens with one attached hydrogen (secondary N) is 1. The van der Waals surface area contributed by atoms with E-state index < -0.39 is 0 Å². The van der Waals surface area contributed by atoms with E-state index in [1.807, 2.05) is 19.1 Å². The van der Waals surface area contributed by atoms with E-state index in [1.54, 1.807) is 17.6 Å². The highest BCUT2D eigenvalue weighted by Gasteiger charge is 1.90. The topological polar surface area (TPSA) is 41.5 Å². The highest BCUT2D eigenvalue weighted by Crippen LogP contribution is 2.11. The lowest BCUT2D eigenvalue weighted by Crippen LogP contribution is -1.99. The molecular formula is C7H8N2OS. The van der Waals surface area contributed by atoms with E-state index in [1.165, 1.54) is 4.88 Å². The molecule has 1 heterocycles. The molecule has 0 aliphatic rings. The molecule has 0 radical (unpaired) electrons. The molecule has 1 aromatic heterocycles. The minimum atomic E-state index is 0.539. The van der Waals surface area contributed by atoms with Crippen molar-refractivity contribution < 1.29 is 4.79 Å². The summed E-state index contributed by atoms with van der Waals surface area (Å²) in [5.74, 6) is 0. The number of aryl methyl sites for hydroxylation is 1. The van der Waals surface area contributed by atoms with Crippen LogP contribution in [0.25, 0.3) is 0 Å². The van der Waals surface area contributed by atoms with E-state index in [2.05, 4.69) is 10.5 Å². The Balaban J connectivity index is 2.56. The number of carbonyl (C=O) groups excluding carboxylic acids is 1. The maximum Gasteiger partial charge on any atom is 0.227 e. The Hall–Kier alpha value is -1.16. The first-order valence-corrected chi connectivity index (χ1v) is 3.93. The van der Waals surface area contributed by atoms with Gasteiger partial charge in [-0.15, -0.1) is 11.3 Å². The molecule has 0 aliphatic carbocycles. The molecule has 58 valence electrons. The Kier molecular flexibility index (Phi) is 2.80. The number of thiophene rings is 1. The van der Waals surface area contributed by atoms with E-state index in [-0.39, 0.29) is 0 Å². The molecule has 1 amide bonds. The van der Waals surface area contributed by atoms with Crippen LogP contribution in [0.4, 0.5) is 0 Å². The van der Waals surface area contributed by atoms with Crippen LogP contribution in [0.15, 0.2) is 17.2 Å². The third-order valence-electron chi connectivity index (χ3n) is 1.08. The maximum absolute atomic E-state index is 9.78. The van der Waals surface area contributed by atoms with Gasteiger partial charge in [-0.1, -0.05) is 0 Å². The van der Waals surface area contributed by atoms with Crippen LogP contribution < -0.4 is 5.43 Å². The zero-order chi connectivity index (χ0) is 8.10. The summed E-state index contributed by atoms with van der Waals surface area (Å²) in [4.78, 5) is 12.1. The number of amides is 1. The first-order valence-electron chi connectivity index (χ1n) is 3.11. The van der Waals surface area contributed by atoms with E-state index in [9.17, 15) is 4.79 Å². The van der Waals surface area contributed by atoms with Crippen molar-refractivity contribution in [2.24, 2.45) is 5.10 Å². The number of carbonyl (C=O) groups is 1. The Labute approximate surface area is 68.7 Å². The molecule has 0 saturated heterocycles. The van der Waals surface area contributed by atoms with E-state index in [4.69, 9.17) is 0 Å². The molecule has 0 atom stereocenters. The van der Waals surface area contributed by atoms with Gasteiger partial charge in [0, 0.05) is 9.75 Å². The van der Waals surface area contributed by atoms with Crippen LogP contribution in [0.1, 0.15) is 9.75 Å². The summed E-state index contributed by atoms with van der Waals surface area (Å²) in [6.45, 7) is 2.02.